The lowest BCUT2D eigenvalue weighted by Gasteiger charge is -2.12. The molecule has 6 heteroatoms. The van der Waals surface area contributed by atoms with E-state index in [1.165, 1.54) is 6.07 Å². The highest BCUT2D eigenvalue weighted by Gasteiger charge is 2.34. The number of rotatable bonds is 1. The Bertz CT molecular complexity index is 349. The average molecular weight is 225 g/mol. The second kappa shape index (κ2) is 3.67. The highest BCUT2D eigenvalue weighted by molar-refractivity contribution is 6.32. The largest absolute Gasteiger partial charge is 0.417 e. The normalized spacial score (nSPS) is 11.8. The Hall–Kier alpha value is -0.940. The Morgan fingerprint density at radius 2 is 1.86 bits per heavy atom. The van der Waals surface area contributed by atoms with Gasteiger partial charge in [0.15, 0.2) is 0 Å². The van der Waals surface area contributed by atoms with Gasteiger partial charge in [0.05, 0.1) is 10.6 Å². The number of halogens is 4. The number of benzene rings is 1. The first kappa shape index (κ1) is 11.1. The molecule has 1 aromatic carbocycles. The lowest BCUT2D eigenvalue weighted by Crippen LogP contribution is -2.10. The molecule has 1 aromatic rings. The molecule has 0 saturated heterocycles. The summed E-state index contributed by atoms with van der Waals surface area (Å²) in [5, 5.41) is -0.380. The minimum Gasteiger partial charge on any atom is -0.399 e. The molecule has 0 aromatic heterocycles. The average Bonchev–Trinajstić information content (AvgIpc) is 2.06. The Morgan fingerprint density at radius 1 is 1.29 bits per heavy atom. The van der Waals surface area contributed by atoms with Gasteiger partial charge < -0.3 is 11.5 Å². The number of anilines is 1. The van der Waals surface area contributed by atoms with Crippen LogP contribution in [-0.2, 0) is 12.7 Å². The van der Waals surface area contributed by atoms with Crippen LogP contribution in [0.5, 0.6) is 0 Å². The maximum Gasteiger partial charge on any atom is 0.417 e. The van der Waals surface area contributed by atoms with E-state index in [1.807, 2.05) is 0 Å². The number of nitrogen functional groups attached to an aromatic ring is 1. The molecule has 0 atom stereocenters. The zero-order chi connectivity index (χ0) is 10.9. The summed E-state index contributed by atoms with van der Waals surface area (Å²) in [4.78, 5) is 0. The second-order valence-corrected chi connectivity index (χ2v) is 3.12. The van der Waals surface area contributed by atoms with Crippen molar-refractivity contribution in [1.82, 2.24) is 0 Å². The van der Waals surface area contributed by atoms with Gasteiger partial charge in [-0.3, -0.25) is 0 Å². The summed E-state index contributed by atoms with van der Waals surface area (Å²) in [7, 11) is 0. The molecule has 0 aliphatic carbocycles. The monoisotopic (exact) mass is 224 g/mol. The minimum absolute atomic E-state index is 0.00201. The molecule has 1 rings (SSSR count). The molecule has 4 N–H and O–H groups in total. The van der Waals surface area contributed by atoms with Crippen LogP contribution in [0.2, 0.25) is 5.02 Å². The lowest BCUT2D eigenvalue weighted by atomic mass is 10.1. The van der Waals surface area contributed by atoms with Gasteiger partial charge in [-0.2, -0.15) is 13.2 Å². The topological polar surface area (TPSA) is 52.0 Å². The molecular weight excluding hydrogens is 217 g/mol. The number of nitrogens with two attached hydrogens (primary N) is 2. The Kier molecular flexibility index (Phi) is 2.92. The SMILES string of the molecule is NCc1cc(N)cc(C(F)(F)F)c1Cl. The third-order valence-corrected chi connectivity index (χ3v) is 2.14. The number of hydrogen-bond acceptors (Lipinski definition) is 2. The Morgan fingerprint density at radius 3 is 2.29 bits per heavy atom. The van der Waals surface area contributed by atoms with Gasteiger partial charge in [-0.1, -0.05) is 11.6 Å². The van der Waals surface area contributed by atoms with Crippen molar-refractivity contribution in [3.63, 3.8) is 0 Å². The molecule has 14 heavy (non-hydrogen) atoms. The first-order valence-electron chi connectivity index (χ1n) is 3.71. The van der Waals surface area contributed by atoms with Gasteiger partial charge in [0.1, 0.15) is 0 Å². The highest BCUT2D eigenvalue weighted by Crippen LogP contribution is 2.37. The van der Waals surface area contributed by atoms with E-state index in [-0.39, 0.29) is 22.8 Å². The summed E-state index contributed by atoms with van der Waals surface area (Å²) in [5.74, 6) is 0. The van der Waals surface area contributed by atoms with Crippen molar-refractivity contribution >= 4 is 17.3 Å². The fraction of sp³-hybridized carbons (Fsp3) is 0.250. The molecule has 0 aliphatic rings. The quantitative estimate of drug-likeness (QED) is 0.720. The van der Waals surface area contributed by atoms with E-state index < -0.39 is 11.7 Å². The Labute approximate surface area is 83.6 Å². The molecule has 0 bridgehead atoms. The maximum absolute atomic E-state index is 12.4. The summed E-state index contributed by atoms with van der Waals surface area (Å²) in [6, 6.07) is 2.12. The first-order chi connectivity index (χ1) is 6.36. The van der Waals surface area contributed by atoms with Gasteiger partial charge in [0.25, 0.3) is 0 Å². The predicted octanol–water partition coefficient (Wildman–Crippen LogP) is 2.40. The summed E-state index contributed by atoms with van der Waals surface area (Å²) in [6.45, 7) is -0.0764. The van der Waals surface area contributed by atoms with E-state index in [9.17, 15) is 13.2 Å². The highest BCUT2D eigenvalue weighted by atomic mass is 35.5. The minimum atomic E-state index is -4.50. The summed E-state index contributed by atoms with van der Waals surface area (Å²) >= 11 is 5.51. The molecule has 0 amide bonds. The molecule has 2 nitrogen and oxygen atoms in total. The van der Waals surface area contributed by atoms with E-state index in [0.29, 0.717) is 0 Å². The van der Waals surface area contributed by atoms with E-state index in [2.05, 4.69) is 0 Å². The van der Waals surface area contributed by atoms with Crippen LogP contribution in [0, 0.1) is 0 Å². The molecule has 0 aliphatic heterocycles. The van der Waals surface area contributed by atoms with Crippen molar-refractivity contribution < 1.29 is 13.2 Å². The van der Waals surface area contributed by atoms with Crippen LogP contribution in [0.1, 0.15) is 11.1 Å². The maximum atomic E-state index is 12.4. The van der Waals surface area contributed by atoms with Gasteiger partial charge in [-0.25, -0.2) is 0 Å². The third kappa shape index (κ3) is 2.10. The van der Waals surface area contributed by atoms with Gasteiger partial charge in [-0.15, -0.1) is 0 Å². The summed E-state index contributed by atoms with van der Waals surface area (Å²) in [5.41, 5.74) is 9.76. The van der Waals surface area contributed by atoms with Crippen molar-refractivity contribution in [2.45, 2.75) is 12.7 Å². The van der Waals surface area contributed by atoms with Crippen LogP contribution >= 0.6 is 11.6 Å². The first-order valence-corrected chi connectivity index (χ1v) is 4.09. The third-order valence-electron chi connectivity index (χ3n) is 1.70. The summed E-state index contributed by atoms with van der Waals surface area (Å²) < 4.78 is 37.1. The van der Waals surface area contributed by atoms with Crippen LogP contribution in [0.3, 0.4) is 0 Å². The molecule has 0 saturated carbocycles. The van der Waals surface area contributed by atoms with Gasteiger partial charge >= 0.3 is 6.18 Å². The molecular formula is C8H8ClF3N2. The van der Waals surface area contributed by atoms with Crippen LogP contribution in [-0.4, -0.2) is 0 Å². The molecule has 78 valence electrons. The van der Waals surface area contributed by atoms with Gasteiger partial charge in [-0.05, 0) is 17.7 Å². The van der Waals surface area contributed by atoms with Crippen molar-refractivity contribution in [2.24, 2.45) is 5.73 Å². The fourth-order valence-electron chi connectivity index (χ4n) is 1.06. The van der Waals surface area contributed by atoms with E-state index >= 15 is 0 Å². The number of alkyl halides is 3. The molecule has 0 radical (unpaired) electrons. The van der Waals surface area contributed by atoms with Crippen molar-refractivity contribution in [1.29, 1.82) is 0 Å². The van der Waals surface area contributed by atoms with Gasteiger partial charge in [0, 0.05) is 12.2 Å². The van der Waals surface area contributed by atoms with E-state index in [4.69, 9.17) is 23.1 Å². The summed E-state index contributed by atoms with van der Waals surface area (Å²) in [6.07, 6.45) is -4.50. The lowest BCUT2D eigenvalue weighted by molar-refractivity contribution is -0.137. The predicted molar refractivity (Wildman–Crippen MR) is 48.8 cm³/mol. The van der Waals surface area contributed by atoms with E-state index in [1.54, 1.807) is 0 Å². The zero-order valence-corrected chi connectivity index (χ0v) is 7.78. The van der Waals surface area contributed by atoms with Crippen molar-refractivity contribution in [3.05, 3.63) is 28.3 Å². The molecule has 0 heterocycles. The number of hydrogen-bond donors (Lipinski definition) is 2. The molecule has 0 unspecified atom stereocenters. The smallest absolute Gasteiger partial charge is 0.399 e. The fourth-order valence-corrected chi connectivity index (χ4v) is 1.36. The Balaban J connectivity index is 3.37. The van der Waals surface area contributed by atoms with E-state index in [0.717, 1.165) is 6.07 Å². The van der Waals surface area contributed by atoms with Crippen molar-refractivity contribution in [2.75, 3.05) is 5.73 Å². The molecule has 0 spiro atoms. The van der Waals surface area contributed by atoms with Crippen LogP contribution in [0.4, 0.5) is 18.9 Å². The second-order valence-electron chi connectivity index (χ2n) is 2.74. The van der Waals surface area contributed by atoms with Gasteiger partial charge in [0.2, 0.25) is 0 Å². The van der Waals surface area contributed by atoms with Crippen LogP contribution < -0.4 is 11.5 Å². The van der Waals surface area contributed by atoms with Crippen molar-refractivity contribution in [3.8, 4) is 0 Å². The zero-order valence-electron chi connectivity index (χ0n) is 7.03. The van der Waals surface area contributed by atoms with Crippen LogP contribution in [0.25, 0.3) is 0 Å². The standard InChI is InChI=1S/C8H8ClF3N2/c9-7-4(3-13)1-5(14)2-6(7)8(10,11)12/h1-2H,3,13-14H2. The van der Waals surface area contributed by atoms with Crippen LogP contribution in [0.15, 0.2) is 12.1 Å². The molecule has 0 fully saturated rings.